The summed E-state index contributed by atoms with van der Waals surface area (Å²) in [5.74, 6) is 1.90. The normalized spacial score (nSPS) is 11.2. The van der Waals surface area contributed by atoms with Crippen LogP contribution in [-0.4, -0.2) is 6.04 Å². The fraction of sp³-hybridized carbons (Fsp3) is 0.333. The number of hydrogen-bond donors (Lipinski definition) is 1. The van der Waals surface area contributed by atoms with Gasteiger partial charge in [0.15, 0.2) is 0 Å². The van der Waals surface area contributed by atoms with Crippen molar-refractivity contribution in [1.29, 1.82) is 0 Å². The molecule has 2 rings (SSSR count). The fourth-order valence-electron chi connectivity index (χ4n) is 1.80. The second-order valence-corrected chi connectivity index (χ2v) is 5.57. The Kier molecular flexibility index (Phi) is 4.25. The first-order valence-corrected chi connectivity index (χ1v) is 6.95. The summed E-state index contributed by atoms with van der Waals surface area (Å²) in [6, 6.07) is 10.7. The Hall–Kier alpha value is -1.06. The first-order valence-electron chi connectivity index (χ1n) is 6.15. The Morgan fingerprint density at radius 3 is 2.72 bits per heavy atom. The van der Waals surface area contributed by atoms with Gasteiger partial charge >= 0.3 is 0 Å². The molecule has 0 fully saturated rings. The van der Waals surface area contributed by atoms with Crippen molar-refractivity contribution >= 4 is 15.9 Å². The molecule has 0 radical (unpaired) electrons. The average Bonchev–Trinajstić information content (AvgIpc) is 2.78. The molecule has 0 atom stereocenters. The molecular weight excluding hydrogens is 290 g/mol. The largest absolute Gasteiger partial charge is 0.460 e. The summed E-state index contributed by atoms with van der Waals surface area (Å²) in [5.41, 5.74) is 2.34. The quantitative estimate of drug-likeness (QED) is 0.898. The monoisotopic (exact) mass is 307 g/mol. The molecule has 0 saturated carbocycles. The van der Waals surface area contributed by atoms with Gasteiger partial charge in [-0.2, -0.15) is 0 Å². The maximum absolute atomic E-state index is 5.87. The minimum atomic E-state index is 0.464. The van der Waals surface area contributed by atoms with E-state index >= 15 is 0 Å². The summed E-state index contributed by atoms with van der Waals surface area (Å²) < 4.78 is 6.98. The van der Waals surface area contributed by atoms with E-state index in [0.717, 1.165) is 28.1 Å². The van der Waals surface area contributed by atoms with E-state index in [1.807, 2.05) is 24.3 Å². The molecule has 0 amide bonds. The van der Waals surface area contributed by atoms with Crippen LogP contribution in [0.3, 0.4) is 0 Å². The molecule has 0 aliphatic carbocycles. The van der Waals surface area contributed by atoms with Crippen LogP contribution in [0.1, 0.15) is 25.2 Å². The third kappa shape index (κ3) is 3.03. The molecule has 2 aromatic rings. The Bertz CT molecular complexity index is 531. The van der Waals surface area contributed by atoms with Gasteiger partial charge in [0.05, 0.1) is 6.54 Å². The molecule has 0 bridgehead atoms. The van der Waals surface area contributed by atoms with E-state index in [9.17, 15) is 0 Å². The van der Waals surface area contributed by atoms with E-state index in [4.69, 9.17) is 4.42 Å². The molecule has 18 heavy (non-hydrogen) atoms. The average molecular weight is 308 g/mol. The highest BCUT2D eigenvalue weighted by Crippen LogP contribution is 2.29. The van der Waals surface area contributed by atoms with Gasteiger partial charge in [-0.25, -0.2) is 0 Å². The number of rotatable bonds is 4. The van der Waals surface area contributed by atoms with Gasteiger partial charge in [0.1, 0.15) is 11.5 Å². The van der Waals surface area contributed by atoms with Crippen molar-refractivity contribution in [1.82, 2.24) is 5.32 Å². The summed E-state index contributed by atoms with van der Waals surface area (Å²) in [7, 11) is 0. The summed E-state index contributed by atoms with van der Waals surface area (Å²) >= 11 is 3.55. The summed E-state index contributed by atoms with van der Waals surface area (Å²) in [4.78, 5) is 0. The van der Waals surface area contributed by atoms with Gasteiger partial charge in [-0.05, 0) is 30.7 Å². The van der Waals surface area contributed by atoms with Gasteiger partial charge in [-0.3, -0.25) is 0 Å². The lowest BCUT2D eigenvalue weighted by atomic mass is 10.1. The van der Waals surface area contributed by atoms with Crippen LogP contribution in [0.25, 0.3) is 11.3 Å². The molecule has 1 heterocycles. The van der Waals surface area contributed by atoms with E-state index in [2.05, 4.69) is 48.1 Å². The van der Waals surface area contributed by atoms with Crippen molar-refractivity contribution in [3.63, 3.8) is 0 Å². The minimum absolute atomic E-state index is 0.464. The Labute approximate surface area is 117 Å². The number of benzene rings is 1. The first-order chi connectivity index (χ1) is 8.58. The lowest BCUT2D eigenvalue weighted by molar-refractivity contribution is 0.473. The zero-order valence-electron chi connectivity index (χ0n) is 11.0. The Morgan fingerprint density at radius 2 is 2.00 bits per heavy atom. The second kappa shape index (κ2) is 5.72. The van der Waals surface area contributed by atoms with Gasteiger partial charge in [0.25, 0.3) is 0 Å². The first kappa shape index (κ1) is 13.4. The van der Waals surface area contributed by atoms with Crippen LogP contribution in [0.15, 0.2) is 39.2 Å². The predicted molar refractivity (Wildman–Crippen MR) is 78.6 cm³/mol. The van der Waals surface area contributed by atoms with E-state index in [1.165, 1.54) is 5.56 Å². The van der Waals surface area contributed by atoms with E-state index in [-0.39, 0.29) is 0 Å². The van der Waals surface area contributed by atoms with Crippen molar-refractivity contribution in [3.05, 3.63) is 46.1 Å². The molecule has 0 saturated heterocycles. The number of furan rings is 1. The van der Waals surface area contributed by atoms with Gasteiger partial charge in [0, 0.05) is 16.1 Å². The molecule has 1 aromatic carbocycles. The summed E-state index contributed by atoms with van der Waals surface area (Å²) in [6.07, 6.45) is 0. The van der Waals surface area contributed by atoms with Gasteiger partial charge < -0.3 is 9.73 Å². The van der Waals surface area contributed by atoms with Crippen molar-refractivity contribution in [2.24, 2.45) is 0 Å². The number of hydrogen-bond acceptors (Lipinski definition) is 2. The zero-order valence-corrected chi connectivity index (χ0v) is 12.5. The molecule has 2 nitrogen and oxygen atoms in total. The van der Waals surface area contributed by atoms with Crippen molar-refractivity contribution in [3.8, 4) is 11.3 Å². The van der Waals surface area contributed by atoms with Crippen LogP contribution in [-0.2, 0) is 6.54 Å². The van der Waals surface area contributed by atoms with Crippen molar-refractivity contribution < 1.29 is 4.42 Å². The summed E-state index contributed by atoms with van der Waals surface area (Å²) in [6.45, 7) is 7.11. The second-order valence-electron chi connectivity index (χ2n) is 4.71. The highest BCUT2D eigenvalue weighted by molar-refractivity contribution is 9.10. The van der Waals surface area contributed by atoms with E-state index in [1.54, 1.807) is 0 Å². The zero-order chi connectivity index (χ0) is 13.1. The highest BCUT2D eigenvalue weighted by atomic mass is 79.9. The molecule has 3 heteroatoms. The third-order valence-electron chi connectivity index (χ3n) is 2.88. The van der Waals surface area contributed by atoms with Crippen molar-refractivity contribution in [2.45, 2.75) is 33.4 Å². The number of halogens is 1. The molecule has 0 spiro atoms. The lowest BCUT2D eigenvalue weighted by Crippen LogP contribution is -2.21. The fourth-order valence-corrected chi connectivity index (χ4v) is 2.16. The molecule has 1 N–H and O–H groups in total. The van der Waals surface area contributed by atoms with Crippen LogP contribution in [0.5, 0.6) is 0 Å². The SMILES string of the molecule is Cc1c(Br)cccc1-c1ccc(CNC(C)C)o1. The van der Waals surface area contributed by atoms with Crippen LogP contribution in [0.2, 0.25) is 0 Å². The van der Waals surface area contributed by atoms with Gasteiger partial charge in [-0.15, -0.1) is 0 Å². The van der Waals surface area contributed by atoms with Crippen LogP contribution in [0, 0.1) is 6.92 Å². The minimum Gasteiger partial charge on any atom is -0.460 e. The molecule has 96 valence electrons. The molecule has 1 aromatic heterocycles. The Balaban J connectivity index is 2.21. The summed E-state index contributed by atoms with van der Waals surface area (Å²) in [5, 5.41) is 3.35. The highest BCUT2D eigenvalue weighted by Gasteiger charge is 2.09. The van der Waals surface area contributed by atoms with Gasteiger partial charge in [-0.1, -0.05) is 41.9 Å². The predicted octanol–water partition coefficient (Wildman–Crippen LogP) is 4.52. The molecule has 0 aliphatic rings. The number of nitrogens with one attached hydrogen (secondary N) is 1. The van der Waals surface area contributed by atoms with Gasteiger partial charge in [0.2, 0.25) is 0 Å². The lowest BCUT2D eigenvalue weighted by Gasteiger charge is -2.06. The van der Waals surface area contributed by atoms with Crippen LogP contribution >= 0.6 is 15.9 Å². The molecule has 0 aliphatic heterocycles. The third-order valence-corrected chi connectivity index (χ3v) is 3.74. The van der Waals surface area contributed by atoms with Crippen molar-refractivity contribution in [2.75, 3.05) is 0 Å². The standard InChI is InChI=1S/C15H18BrNO/c1-10(2)17-9-12-7-8-15(18-12)13-5-4-6-14(16)11(13)3/h4-8,10,17H,9H2,1-3H3. The topological polar surface area (TPSA) is 25.2 Å². The molecular formula is C15H18BrNO. The Morgan fingerprint density at radius 1 is 1.22 bits per heavy atom. The van der Waals surface area contributed by atoms with E-state index < -0.39 is 0 Å². The smallest absolute Gasteiger partial charge is 0.134 e. The molecule has 0 unspecified atom stereocenters. The van der Waals surface area contributed by atoms with Crippen LogP contribution < -0.4 is 5.32 Å². The maximum Gasteiger partial charge on any atom is 0.134 e. The maximum atomic E-state index is 5.87. The van der Waals surface area contributed by atoms with E-state index in [0.29, 0.717) is 6.04 Å². The van der Waals surface area contributed by atoms with Crippen LogP contribution in [0.4, 0.5) is 0 Å².